The van der Waals surface area contributed by atoms with Crippen LogP contribution in [0.15, 0.2) is 29.2 Å². The lowest BCUT2D eigenvalue weighted by molar-refractivity contribution is 0.249. The van der Waals surface area contributed by atoms with Gasteiger partial charge in [0.05, 0.1) is 0 Å². The lowest BCUT2D eigenvalue weighted by Crippen LogP contribution is -2.46. The fourth-order valence-electron chi connectivity index (χ4n) is 3.25. The van der Waals surface area contributed by atoms with Crippen molar-refractivity contribution in [3.05, 3.63) is 30.1 Å². The third-order valence-corrected chi connectivity index (χ3v) is 5.70. The first-order valence-electron chi connectivity index (χ1n) is 7.75. The van der Waals surface area contributed by atoms with Gasteiger partial charge in [0.15, 0.2) is 0 Å². The molecule has 0 bridgehead atoms. The molecule has 112 valence electrons. The van der Waals surface area contributed by atoms with Crippen molar-refractivity contribution in [3.63, 3.8) is 0 Å². The highest BCUT2D eigenvalue weighted by Gasteiger charge is 2.34. The lowest BCUT2D eigenvalue weighted by atomic mass is 9.80. The third kappa shape index (κ3) is 4.23. The molecule has 1 aromatic rings. The Balaban J connectivity index is 2.08. The first-order chi connectivity index (χ1) is 9.60. The summed E-state index contributed by atoms with van der Waals surface area (Å²) < 4.78 is 13.4. The van der Waals surface area contributed by atoms with Crippen molar-refractivity contribution in [3.8, 4) is 0 Å². The zero-order valence-electron chi connectivity index (χ0n) is 12.7. The van der Waals surface area contributed by atoms with Gasteiger partial charge < -0.3 is 5.32 Å². The molecular formula is C17H26FNS. The molecule has 0 saturated heterocycles. The molecule has 0 amide bonds. The Morgan fingerprint density at radius 1 is 1.30 bits per heavy atom. The van der Waals surface area contributed by atoms with Crippen LogP contribution >= 0.6 is 11.8 Å². The summed E-state index contributed by atoms with van der Waals surface area (Å²) in [5, 5.41) is 4.24. The minimum atomic E-state index is -0.134. The van der Waals surface area contributed by atoms with Crippen molar-refractivity contribution < 1.29 is 4.39 Å². The van der Waals surface area contributed by atoms with Gasteiger partial charge in [-0.25, -0.2) is 4.39 Å². The maximum absolute atomic E-state index is 13.4. The fraction of sp³-hybridized carbons (Fsp3) is 0.647. The van der Waals surface area contributed by atoms with Gasteiger partial charge in [-0.1, -0.05) is 26.8 Å². The molecule has 0 heterocycles. The highest BCUT2D eigenvalue weighted by molar-refractivity contribution is 8.00. The zero-order chi connectivity index (χ0) is 14.5. The molecule has 0 aliphatic heterocycles. The summed E-state index contributed by atoms with van der Waals surface area (Å²) in [6, 6.07) is 7.55. The molecule has 1 saturated carbocycles. The highest BCUT2D eigenvalue weighted by Crippen LogP contribution is 2.39. The maximum Gasteiger partial charge on any atom is 0.124 e. The third-order valence-electron chi connectivity index (χ3n) is 4.11. The van der Waals surface area contributed by atoms with Crippen molar-refractivity contribution in [2.45, 2.75) is 56.2 Å². The van der Waals surface area contributed by atoms with Crippen molar-refractivity contribution in [1.82, 2.24) is 5.32 Å². The highest BCUT2D eigenvalue weighted by atomic mass is 32.2. The molecule has 0 radical (unpaired) electrons. The molecule has 0 aromatic heterocycles. The average Bonchev–Trinajstić information content (AvgIpc) is 2.40. The van der Waals surface area contributed by atoms with E-state index in [9.17, 15) is 4.39 Å². The zero-order valence-corrected chi connectivity index (χ0v) is 13.5. The molecule has 0 spiro atoms. The monoisotopic (exact) mass is 295 g/mol. The molecule has 20 heavy (non-hydrogen) atoms. The molecule has 1 aromatic carbocycles. The largest absolute Gasteiger partial charge is 0.313 e. The van der Waals surface area contributed by atoms with Gasteiger partial charge in [0.2, 0.25) is 0 Å². The molecular weight excluding hydrogens is 269 g/mol. The average molecular weight is 295 g/mol. The second-order valence-electron chi connectivity index (χ2n) is 6.15. The minimum Gasteiger partial charge on any atom is -0.313 e. The van der Waals surface area contributed by atoms with Gasteiger partial charge in [-0.3, -0.25) is 0 Å². The van der Waals surface area contributed by atoms with E-state index in [2.05, 4.69) is 26.1 Å². The van der Waals surface area contributed by atoms with E-state index < -0.39 is 0 Å². The first kappa shape index (κ1) is 15.8. The topological polar surface area (TPSA) is 12.0 Å². The number of nitrogens with one attached hydrogen (secondary N) is 1. The summed E-state index contributed by atoms with van der Waals surface area (Å²) in [5.41, 5.74) is 0. The number of rotatable bonds is 5. The van der Waals surface area contributed by atoms with E-state index in [1.807, 2.05) is 23.9 Å². The van der Waals surface area contributed by atoms with Crippen molar-refractivity contribution in [2.24, 2.45) is 11.8 Å². The molecule has 1 aliphatic carbocycles. The van der Waals surface area contributed by atoms with E-state index in [0.717, 1.165) is 23.8 Å². The second kappa shape index (κ2) is 7.46. The van der Waals surface area contributed by atoms with Crippen LogP contribution in [0.5, 0.6) is 0 Å². The van der Waals surface area contributed by atoms with E-state index in [0.29, 0.717) is 17.2 Å². The predicted octanol–water partition coefficient (Wildman–Crippen LogP) is 4.72. The summed E-state index contributed by atoms with van der Waals surface area (Å²) in [6.07, 6.45) is 3.67. The lowest BCUT2D eigenvalue weighted by Gasteiger charge is -2.40. The van der Waals surface area contributed by atoms with Gasteiger partial charge in [-0.15, -0.1) is 11.8 Å². The summed E-state index contributed by atoms with van der Waals surface area (Å²) in [6.45, 7) is 7.97. The predicted molar refractivity (Wildman–Crippen MR) is 85.7 cm³/mol. The van der Waals surface area contributed by atoms with E-state index in [-0.39, 0.29) is 5.82 Å². The van der Waals surface area contributed by atoms with Crippen LogP contribution in [0.3, 0.4) is 0 Å². The van der Waals surface area contributed by atoms with Crippen LogP contribution in [0.1, 0.15) is 40.0 Å². The Morgan fingerprint density at radius 3 is 2.80 bits per heavy atom. The smallest absolute Gasteiger partial charge is 0.124 e. The Labute approximate surface area is 126 Å². The molecule has 3 heteroatoms. The van der Waals surface area contributed by atoms with Crippen LogP contribution in [0, 0.1) is 17.7 Å². The van der Waals surface area contributed by atoms with E-state index in [1.54, 1.807) is 6.07 Å². The van der Waals surface area contributed by atoms with E-state index in [1.165, 1.54) is 18.9 Å². The van der Waals surface area contributed by atoms with Crippen LogP contribution in [0.25, 0.3) is 0 Å². The van der Waals surface area contributed by atoms with Crippen molar-refractivity contribution in [2.75, 3.05) is 6.54 Å². The van der Waals surface area contributed by atoms with Gasteiger partial charge in [-0.05, 0) is 55.8 Å². The summed E-state index contributed by atoms with van der Waals surface area (Å²) in [4.78, 5) is 1.06. The first-order valence-corrected chi connectivity index (χ1v) is 8.63. The van der Waals surface area contributed by atoms with Gasteiger partial charge in [0.25, 0.3) is 0 Å². The summed E-state index contributed by atoms with van der Waals surface area (Å²) in [7, 11) is 0. The molecule has 2 rings (SSSR count). The van der Waals surface area contributed by atoms with Crippen LogP contribution in [0.4, 0.5) is 4.39 Å². The van der Waals surface area contributed by atoms with E-state index >= 15 is 0 Å². The number of halogens is 1. The van der Waals surface area contributed by atoms with Gasteiger partial charge >= 0.3 is 0 Å². The molecule has 1 fully saturated rings. The quantitative estimate of drug-likeness (QED) is 0.843. The molecule has 1 N–H and O–H groups in total. The van der Waals surface area contributed by atoms with Crippen molar-refractivity contribution in [1.29, 1.82) is 0 Å². The fourth-order valence-corrected chi connectivity index (χ4v) is 4.62. The van der Waals surface area contributed by atoms with Crippen LogP contribution in [0.2, 0.25) is 0 Å². The Morgan fingerprint density at radius 2 is 2.10 bits per heavy atom. The number of hydrogen-bond donors (Lipinski definition) is 1. The van der Waals surface area contributed by atoms with Crippen LogP contribution in [-0.2, 0) is 0 Å². The molecule has 4 unspecified atom stereocenters. The Kier molecular flexibility index (Phi) is 5.91. The number of thioether (sulfide) groups is 1. The second-order valence-corrected chi connectivity index (χ2v) is 7.41. The van der Waals surface area contributed by atoms with Gasteiger partial charge in [0.1, 0.15) is 5.82 Å². The SMILES string of the molecule is CCCNC1CC(C)CC(C)C1Sc1cccc(F)c1. The standard InChI is InChI=1S/C17H26FNS/c1-4-8-19-16-10-12(2)9-13(3)17(16)20-15-7-5-6-14(18)11-15/h5-7,11-13,16-17,19H,4,8-10H2,1-3H3. The van der Waals surface area contributed by atoms with E-state index in [4.69, 9.17) is 0 Å². The molecule has 4 atom stereocenters. The van der Waals surface area contributed by atoms with Gasteiger partial charge in [0, 0.05) is 16.2 Å². The summed E-state index contributed by atoms with van der Waals surface area (Å²) in [5.74, 6) is 1.31. The molecule has 1 aliphatic rings. The summed E-state index contributed by atoms with van der Waals surface area (Å²) >= 11 is 1.84. The van der Waals surface area contributed by atoms with Crippen LogP contribution in [-0.4, -0.2) is 17.8 Å². The normalized spacial score (nSPS) is 30.4. The number of benzene rings is 1. The molecule has 1 nitrogen and oxygen atoms in total. The minimum absolute atomic E-state index is 0.134. The Hall–Kier alpha value is -0.540. The van der Waals surface area contributed by atoms with Crippen molar-refractivity contribution >= 4 is 11.8 Å². The van der Waals surface area contributed by atoms with Gasteiger partial charge in [-0.2, -0.15) is 0 Å². The Bertz CT molecular complexity index is 423. The maximum atomic E-state index is 13.4. The number of hydrogen-bond acceptors (Lipinski definition) is 2. The van der Waals surface area contributed by atoms with Crippen LogP contribution < -0.4 is 5.32 Å².